The van der Waals surface area contributed by atoms with Crippen LogP contribution in [0.2, 0.25) is 0 Å². The lowest BCUT2D eigenvalue weighted by atomic mass is 9.97. The average molecular weight is 514 g/mol. The van der Waals surface area contributed by atoms with E-state index in [0.717, 1.165) is 17.3 Å². The van der Waals surface area contributed by atoms with Gasteiger partial charge in [-0.25, -0.2) is 4.79 Å². The third-order valence-electron chi connectivity index (χ3n) is 4.79. The van der Waals surface area contributed by atoms with Gasteiger partial charge in [0.05, 0.1) is 0 Å². The first-order chi connectivity index (χ1) is 15.0. The lowest BCUT2D eigenvalue weighted by Gasteiger charge is -2.27. The zero-order chi connectivity index (χ0) is 24.3. The normalized spacial score (nSPS) is 14.1. The molecule has 0 aliphatic rings. The number of rotatable bonds is 11. The van der Waals surface area contributed by atoms with Crippen LogP contribution in [0.1, 0.15) is 53.0 Å². The molecule has 3 amide bonds. The lowest BCUT2D eigenvalue weighted by molar-refractivity contribution is -0.131. The van der Waals surface area contributed by atoms with Gasteiger partial charge in [-0.3, -0.25) is 9.59 Å². The smallest absolute Gasteiger partial charge is 0.408 e. The third-order valence-corrected chi connectivity index (χ3v) is 5.35. The Morgan fingerprint density at radius 2 is 1.72 bits per heavy atom. The van der Waals surface area contributed by atoms with Crippen molar-refractivity contribution in [2.45, 2.75) is 71.6 Å². The van der Waals surface area contributed by atoms with Crippen LogP contribution in [-0.4, -0.2) is 52.6 Å². The summed E-state index contributed by atoms with van der Waals surface area (Å²) in [6, 6.07) is 4.67. The Bertz CT molecular complexity index is 749. The second-order valence-corrected chi connectivity index (χ2v) is 9.57. The highest BCUT2D eigenvalue weighted by atomic mass is 79.9. The molecule has 32 heavy (non-hydrogen) atoms. The van der Waals surface area contributed by atoms with Gasteiger partial charge in [0.15, 0.2) is 0 Å². The van der Waals surface area contributed by atoms with Gasteiger partial charge in [0.1, 0.15) is 23.4 Å². The summed E-state index contributed by atoms with van der Waals surface area (Å²) in [6.07, 6.45) is 0.914. The van der Waals surface area contributed by atoms with Crippen LogP contribution >= 0.6 is 15.9 Å². The molecule has 180 valence electrons. The zero-order valence-electron chi connectivity index (χ0n) is 19.5. The van der Waals surface area contributed by atoms with Gasteiger partial charge in [-0.1, -0.05) is 48.3 Å². The number of benzene rings is 1. The molecule has 0 unspecified atom stereocenters. The molecule has 1 aromatic carbocycles. The number of alkyl halides is 1. The van der Waals surface area contributed by atoms with Gasteiger partial charge in [0, 0.05) is 18.3 Å². The third kappa shape index (κ3) is 10.3. The highest BCUT2D eigenvalue weighted by molar-refractivity contribution is 9.09. The van der Waals surface area contributed by atoms with Gasteiger partial charge in [-0.2, -0.15) is 0 Å². The van der Waals surface area contributed by atoms with Crippen molar-refractivity contribution in [3.8, 4) is 5.75 Å². The monoisotopic (exact) mass is 513 g/mol. The fraction of sp³-hybridized carbons (Fsp3) is 0.609. The Labute approximate surface area is 199 Å². The number of carbonyl (C=O) groups excluding carboxylic acids is 3. The first-order valence-corrected chi connectivity index (χ1v) is 12.0. The van der Waals surface area contributed by atoms with E-state index < -0.39 is 29.7 Å². The number of alkyl carbamates (subject to hydrolysis) is 1. The van der Waals surface area contributed by atoms with Crippen molar-refractivity contribution in [3.05, 3.63) is 29.8 Å². The number of nitrogens with one attached hydrogen (secondary N) is 3. The summed E-state index contributed by atoms with van der Waals surface area (Å²) in [5.74, 6) is -0.732. The van der Waals surface area contributed by atoms with Crippen molar-refractivity contribution in [1.82, 2.24) is 16.0 Å². The second kappa shape index (κ2) is 13.3. The van der Waals surface area contributed by atoms with Crippen molar-refractivity contribution >= 4 is 33.8 Å². The van der Waals surface area contributed by atoms with Crippen LogP contribution in [0, 0.1) is 5.92 Å². The Balaban J connectivity index is 3.02. The van der Waals surface area contributed by atoms with Crippen molar-refractivity contribution < 1.29 is 24.2 Å². The van der Waals surface area contributed by atoms with E-state index in [1.165, 1.54) is 12.1 Å². The Morgan fingerprint density at radius 3 is 2.25 bits per heavy atom. The van der Waals surface area contributed by atoms with E-state index in [-0.39, 0.29) is 24.0 Å². The van der Waals surface area contributed by atoms with Crippen molar-refractivity contribution in [2.24, 2.45) is 5.92 Å². The van der Waals surface area contributed by atoms with Crippen LogP contribution < -0.4 is 16.0 Å². The Morgan fingerprint density at radius 1 is 1.09 bits per heavy atom. The van der Waals surface area contributed by atoms with E-state index in [1.54, 1.807) is 32.9 Å². The average Bonchev–Trinajstić information content (AvgIpc) is 2.71. The molecule has 0 heterocycles. The maximum Gasteiger partial charge on any atom is 0.408 e. The molecule has 9 heteroatoms. The molecular formula is C23H36BrN3O5. The summed E-state index contributed by atoms with van der Waals surface area (Å²) in [4.78, 5) is 38.2. The summed E-state index contributed by atoms with van der Waals surface area (Å²) in [7, 11) is 0. The molecular weight excluding hydrogens is 478 g/mol. The number of amides is 3. The fourth-order valence-corrected chi connectivity index (χ4v) is 3.15. The van der Waals surface area contributed by atoms with Crippen LogP contribution in [0.4, 0.5) is 4.79 Å². The van der Waals surface area contributed by atoms with E-state index in [0.29, 0.717) is 13.0 Å². The summed E-state index contributed by atoms with van der Waals surface area (Å²) < 4.78 is 5.31. The van der Waals surface area contributed by atoms with E-state index in [4.69, 9.17) is 4.74 Å². The SMILES string of the molecule is CC[C@H](C)[C@H](NC(=O)[C@H](Cc1ccc(O)cc1)NC(=O)OC(C)(C)C)C(=O)NCCCBr. The second-order valence-electron chi connectivity index (χ2n) is 8.77. The number of aromatic hydroxyl groups is 1. The standard InChI is InChI=1S/C23H36BrN3O5/c1-6-15(2)19(21(30)25-13-7-12-24)27-20(29)18(26-22(31)32-23(3,4)5)14-16-8-10-17(28)11-9-16/h8-11,15,18-19,28H,6-7,12-14H2,1-5H3,(H,25,30)(H,26,31)(H,27,29)/t15-,18-,19-/m0/s1. The van der Waals surface area contributed by atoms with E-state index >= 15 is 0 Å². The van der Waals surface area contributed by atoms with Crippen LogP contribution in [0.15, 0.2) is 24.3 Å². The molecule has 0 saturated heterocycles. The minimum Gasteiger partial charge on any atom is -0.508 e. The maximum absolute atomic E-state index is 13.2. The van der Waals surface area contributed by atoms with Gasteiger partial charge >= 0.3 is 6.09 Å². The molecule has 0 radical (unpaired) electrons. The van der Waals surface area contributed by atoms with E-state index in [2.05, 4.69) is 31.9 Å². The van der Waals surface area contributed by atoms with Crippen molar-refractivity contribution in [3.63, 3.8) is 0 Å². The number of phenols is 1. The summed E-state index contributed by atoms with van der Waals surface area (Å²) in [5.41, 5.74) is 0.0129. The molecule has 0 bridgehead atoms. The maximum atomic E-state index is 13.2. The molecule has 0 spiro atoms. The van der Waals surface area contributed by atoms with Crippen molar-refractivity contribution in [1.29, 1.82) is 0 Å². The fourth-order valence-electron chi connectivity index (χ4n) is 2.87. The highest BCUT2D eigenvalue weighted by Gasteiger charge is 2.30. The predicted molar refractivity (Wildman–Crippen MR) is 128 cm³/mol. The highest BCUT2D eigenvalue weighted by Crippen LogP contribution is 2.14. The molecule has 0 fully saturated rings. The molecule has 4 N–H and O–H groups in total. The first-order valence-electron chi connectivity index (χ1n) is 10.9. The molecule has 0 aliphatic carbocycles. The number of hydrogen-bond donors (Lipinski definition) is 4. The quantitative estimate of drug-likeness (QED) is 0.267. The van der Waals surface area contributed by atoms with E-state index in [9.17, 15) is 19.5 Å². The first kappa shape index (κ1) is 27.7. The van der Waals surface area contributed by atoms with Gasteiger partial charge < -0.3 is 25.8 Å². The topological polar surface area (TPSA) is 117 Å². The van der Waals surface area contributed by atoms with Crippen LogP contribution in [-0.2, 0) is 20.7 Å². The molecule has 0 aliphatic heterocycles. The minimum atomic E-state index is -0.962. The molecule has 3 atom stereocenters. The van der Waals surface area contributed by atoms with Crippen molar-refractivity contribution in [2.75, 3.05) is 11.9 Å². The summed E-state index contributed by atoms with van der Waals surface area (Å²) >= 11 is 3.33. The number of halogens is 1. The number of phenolic OH excluding ortho intramolecular Hbond substituents is 1. The number of carbonyl (C=O) groups is 3. The number of hydrogen-bond acceptors (Lipinski definition) is 5. The van der Waals surface area contributed by atoms with E-state index in [1.807, 2.05) is 13.8 Å². The Kier molecular flexibility index (Phi) is 11.5. The van der Waals surface area contributed by atoms with Crippen LogP contribution in [0.3, 0.4) is 0 Å². The minimum absolute atomic E-state index is 0.0984. The summed E-state index contributed by atoms with van der Waals surface area (Å²) in [5, 5.41) is 18.6. The lowest BCUT2D eigenvalue weighted by Crippen LogP contribution is -2.56. The summed E-state index contributed by atoms with van der Waals surface area (Å²) in [6.45, 7) is 9.54. The zero-order valence-corrected chi connectivity index (χ0v) is 21.1. The largest absolute Gasteiger partial charge is 0.508 e. The van der Waals surface area contributed by atoms with Gasteiger partial charge in [-0.15, -0.1) is 0 Å². The van der Waals surface area contributed by atoms with Gasteiger partial charge in [0.2, 0.25) is 11.8 Å². The molecule has 8 nitrogen and oxygen atoms in total. The molecule has 0 aromatic heterocycles. The predicted octanol–water partition coefficient (Wildman–Crippen LogP) is 3.26. The van der Waals surface area contributed by atoms with Crippen LogP contribution in [0.5, 0.6) is 5.75 Å². The van der Waals surface area contributed by atoms with Gasteiger partial charge in [-0.05, 0) is 50.8 Å². The van der Waals surface area contributed by atoms with Gasteiger partial charge in [0.25, 0.3) is 0 Å². The molecule has 0 saturated carbocycles. The molecule has 1 rings (SSSR count). The van der Waals surface area contributed by atoms with Crippen LogP contribution in [0.25, 0.3) is 0 Å². The Hall–Kier alpha value is -2.29. The number of ether oxygens (including phenoxy) is 1. The molecule has 1 aromatic rings.